The molecular formula is C28H29N5O2. The summed E-state index contributed by atoms with van der Waals surface area (Å²) in [6.07, 6.45) is 4.19. The van der Waals surface area contributed by atoms with Crippen LogP contribution in [0.4, 0.5) is 11.5 Å². The molecule has 0 bridgehead atoms. The largest absolute Gasteiger partial charge is 0.351 e. The first kappa shape index (κ1) is 22.8. The first-order chi connectivity index (χ1) is 17.1. The second-order valence-electron chi connectivity index (χ2n) is 8.99. The van der Waals surface area contributed by atoms with E-state index in [1.807, 2.05) is 65.6 Å². The van der Waals surface area contributed by atoms with Crippen molar-refractivity contribution in [2.24, 2.45) is 5.92 Å². The Balaban J connectivity index is 1.43. The summed E-state index contributed by atoms with van der Waals surface area (Å²) in [6.45, 7) is 3.65. The summed E-state index contributed by atoms with van der Waals surface area (Å²) in [4.78, 5) is 37.9. The maximum absolute atomic E-state index is 13.6. The maximum atomic E-state index is 13.6. The summed E-state index contributed by atoms with van der Waals surface area (Å²) in [6, 6.07) is 21.5. The monoisotopic (exact) mass is 467 g/mol. The highest BCUT2D eigenvalue weighted by Crippen LogP contribution is 2.23. The molecule has 7 nitrogen and oxygen atoms in total. The Morgan fingerprint density at radius 1 is 1.06 bits per heavy atom. The van der Waals surface area contributed by atoms with Crippen LogP contribution >= 0.6 is 0 Å². The minimum Gasteiger partial charge on any atom is -0.351 e. The Labute approximate surface area is 204 Å². The van der Waals surface area contributed by atoms with E-state index >= 15 is 0 Å². The third-order valence-corrected chi connectivity index (χ3v) is 6.56. The van der Waals surface area contributed by atoms with Gasteiger partial charge in [0.1, 0.15) is 5.52 Å². The molecule has 1 aliphatic heterocycles. The van der Waals surface area contributed by atoms with Crippen molar-refractivity contribution in [3.8, 4) is 0 Å². The van der Waals surface area contributed by atoms with Gasteiger partial charge in [-0.25, -0.2) is 9.97 Å². The van der Waals surface area contributed by atoms with E-state index in [0.29, 0.717) is 36.6 Å². The molecule has 0 radical (unpaired) electrons. The summed E-state index contributed by atoms with van der Waals surface area (Å²) >= 11 is 0. The van der Waals surface area contributed by atoms with Gasteiger partial charge in [-0.05, 0) is 54.7 Å². The lowest BCUT2D eigenvalue weighted by Gasteiger charge is -2.32. The van der Waals surface area contributed by atoms with Gasteiger partial charge in [-0.2, -0.15) is 0 Å². The topological polar surface area (TPSA) is 80.1 Å². The number of aryl methyl sites for hydroxylation is 1. The number of anilines is 2. The highest BCUT2D eigenvalue weighted by atomic mass is 16.2. The molecule has 1 saturated heterocycles. The van der Waals surface area contributed by atoms with Gasteiger partial charge in [0.15, 0.2) is 11.5 Å². The van der Waals surface area contributed by atoms with Crippen molar-refractivity contribution >= 4 is 28.6 Å². The molecule has 1 unspecified atom stereocenters. The molecule has 1 fully saturated rings. The summed E-state index contributed by atoms with van der Waals surface area (Å²) in [5, 5.41) is 3.07. The summed E-state index contributed by atoms with van der Waals surface area (Å²) in [7, 11) is 0. The average molecular weight is 468 g/mol. The normalized spacial score (nSPS) is 15.8. The number of pyridine rings is 1. The lowest BCUT2D eigenvalue weighted by molar-refractivity contribution is -0.120. The van der Waals surface area contributed by atoms with Gasteiger partial charge >= 0.3 is 0 Å². The van der Waals surface area contributed by atoms with E-state index in [1.54, 1.807) is 10.8 Å². The molecule has 3 heterocycles. The molecule has 1 atom stereocenters. The van der Waals surface area contributed by atoms with Crippen LogP contribution in [0.2, 0.25) is 0 Å². The zero-order valence-corrected chi connectivity index (χ0v) is 19.9. The number of fused-ring (bicyclic) bond motifs is 1. The third-order valence-electron chi connectivity index (χ3n) is 6.56. The number of aromatic nitrogens is 3. The molecule has 5 rings (SSSR count). The Morgan fingerprint density at radius 2 is 1.89 bits per heavy atom. The lowest BCUT2D eigenvalue weighted by Crippen LogP contribution is -2.44. The zero-order chi connectivity index (χ0) is 24.2. The van der Waals surface area contributed by atoms with E-state index in [9.17, 15) is 9.59 Å². The van der Waals surface area contributed by atoms with Crippen molar-refractivity contribution in [1.82, 2.24) is 14.5 Å². The molecule has 4 aromatic rings. The number of hydrogen-bond acceptors (Lipinski definition) is 5. The second kappa shape index (κ2) is 10.1. The molecule has 7 heteroatoms. The van der Waals surface area contributed by atoms with E-state index in [4.69, 9.17) is 4.98 Å². The van der Waals surface area contributed by atoms with Gasteiger partial charge in [-0.15, -0.1) is 0 Å². The van der Waals surface area contributed by atoms with Crippen LogP contribution in [0.5, 0.6) is 0 Å². The van der Waals surface area contributed by atoms with Gasteiger partial charge in [0.2, 0.25) is 5.91 Å². The fraction of sp³-hybridized carbons (Fsp3) is 0.286. The Morgan fingerprint density at radius 3 is 2.71 bits per heavy atom. The third kappa shape index (κ3) is 4.94. The van der Waals surface area contributed by atoms with Gasteiger partial charge in [0, 0.05) is 25.0 Å². The van der Waals surface area contributed by atoms with Crippen molar-refractivity contribution in [3.05, 3.63) is 94.4 Å². The Hall–Kier alpha value is -4.00. The fourth-order valence-corrected chi connectivity index (χ4v) is 4.68. The number of piperidine rings is 1. The molecule has 2 aromatic carbocycles. The maximum Gasteiger partial charge on any atom is 0.295 e. The molecule has 0 saturated carbocycles. The molecule has 1 aliphatic rings. The number of carbonyl (C=O) groups excluding carboxylic acids is 1. The molecule has 178 valence electrons. The van der Waals surface area contributed by atoms with E-state index in [2.05, 4.69) is 23.3 Å². The van der Waals surface area contributed by atoms with Crippen molar-refractivity contribution in [3.63, 3.8) is 0 Å². The van der Waals surface area contributed by atoms with Crippen LogP contribution in [0.1, 0.15) is 30.9 Å². The standard InChI is InChI=1S/C28H29N5O2/c1-2-20-11-6-13-23(17-20)30-27(34)22-12-8-16-32(19-22)26-28(35)33(18-21-9-4-3-5-10-21)25-24(31-26)14-7-15-29-25/h3-7,9-11,13-15,17,22H,2,8,12,16,18-19H2,1H3,(H,30,34). The van der Waals surface area contributed by atoms with Gasteiger partial charge in [-0.3, -0.25) is 14.2 Å². The van der Waals surface area contributed by atoms with Gasteiger partial charge in [0.05, 0.1) is 12.5 Å². The van der Waals surface area contributed by atoms with Crippen molar-refractivity contribution < 1.29 is 4.79 Å². The number of rotatable bonds is 6. The Bertz CT molecular complexity index is 1400. The highest BCUT2D eigenvalue weighted by molar-refractivity contribution is 5.93. The highest BCUT2D eigenvalue weighted by Gasteiger charge is 2.29. The van der Waals surface area contributed by atoms with Gasteiger partial charge in [-0.1, -0.05) is 49.4 Å². The van der Waals surface area contributed by atoms with Crippen LogP contribution in [0, 0.1) is 5.92 Å². The van der Waals surface area contributed by atoms with Crippen LogP contribution in [0.25, 0.3) is 11.2 Å². The summed E-state index contributed by atoms with van der Waals surface area (Å²) < 4.78 is 1.69. The molecule has 0 aliphatic carbocycles. The smallest absolute Gasteiger partial charge is 0.295 e. The van der Waals surface area contributed by atoms with E-state index < -0.39 is 0 Å². The number of nitrogens with zero attached hydrogens (tertiary/aromatic N) is 4. The zero-order valence-electron chi connectivity index (χ0n) is 19.9. The van der Waals surface area contributed by atoms with Crippen molar-refractivity contribution in [2.45, 2.75) is 32.7 Å². The first-order valence-corrected chi connectivity index (χ1v) is 12.2. The second-order valence-corrected chi connectivity index (χ2v) is 8.99. The van der Waals surface area contributed by atoms with Crippen LogP contribution in [-0.4, -0.2) is 33.5 Å². The number of hydrogen-bond donors (Lipinski definition) is 1. The minimum atomic E-state index is -0.220. The van der Waals surface area contributed by atoms with E-state index in [1.165, 1.54) is 5.56 Å². The molecule has 2 aromatic heterocycles. The number of amides is 1. The summed E-state index contributed by atoms with van der Waals surface area (Å²) in [5.41, 5.74) is 4.06. The average Bonchev–Trinajstić information content (AvgIpc) is 2.91. The molecular weight excluding hydrogens is 438 g/mol. The first-order valence-electron chi connectivity index (χ1n) is 12.2. The van der Waals surface area contributed by atoms with Crippen LogP contribution < -0.4 is 15.8 Å². The van der Waals surface area contributed by atoms with Crippen LogP contribution in [0.3, 0.4) is 0 Å². The molecule has 0 spiro atoms. The minimum absolute atomic E-state index is 0.0185. The quantitative estimate of drug-likeness (QED) is 0.458. The van der Waals surface area contributed by atoms with Gasteiger partial charge < -0.3 is 10.2 Å². The predicted octanol–water partition coefficient (Wildman–Crippen LogP) is 4.26. The van der Waals surface area contributed by atoms with Crippen LogP contribution in [-0.2, 0) is 17.8 Å². The fourth-order valence-electron chi connectivity index (χ4n) is 4.68. The van der Waals surface area contributed by atoms with E-state index in [0.717, 1.165) is 30.5 Å². The number of nitrogens with one attached hydrogen (secondary N) is 1. The SMILES string of the molecule is CCc1cccc(NC(=O)C2CCCN(c3nc4cccnc4n(Cc4ccccc4)c3=O)C2)c1. The molecule has 1 amide bonds. The van der Waals surface area contributed by atoms with Crippen LogP contribution in [0.15, 0.2) is 77.7 Å². The Kier molecular flexibility index (Phi) is 6.57. The molecule has 1 N–H and O–H groups in total. The van der Waals surface area contributed by atoms with Gasteiger partial charge in [0.25, 0.3) is 5.56 Å². The van der Waals surface area contributed by atoms with Crippen molar-refractivity contribution in [1.29, 1.82) is 0 Å². The predicted molar refractivity (Wildman–Crippen MR) is 139 cm³/mol. The van der Waals surface area contributed by atoms with E-state index in [-0.39, 0.29) is 17.4 Å². The van der Waals surface area contributed by atoms with Crippen molar-refractivity contribution in [2.75, 3.05) is 23.3 Å². The number of carbonyl (C=O) groups is 1. The number of benzene rings is 2. The lowest BCUT2D eigenvalue weighted by atomic mass is 9.97. The molecule has 35 heavy (non-hydrogen) atoms. The summed E-state index contributed by atoms with van der Waals surface area (Å²) in [5.74, 6) is 0.143.